The zero-order chi connectivity index (χ0) is 20.0. The van der Waals surface area contributed by atoms with Crippen LogP contribution in [0, 0.1) is 0 Å². The highest BCUT2D eigenvalue weighted by Crippen LogP contribution is 2.35. The average Bonchev–Trinajstić information content (AvgIpc) is 3.36. The Balaban J connectivity index is 1.33. The van der Waals surface area contributed by atoms with Crippen molar-refractivity contribution in [1.29, 1.82) is 0 Å². The summed E-state index contributed by atoms with van der Waals surface area (Å²) in [5.41, 5.74) is 0.968. The normalized spacial score (nSPS) is 27.9. The number of fused-ring (bicyclic) bond motifs is 2. The molecule has 2 bridgehead atoms. The largest absolute Gasteiger partial charge is 0.507 e. The lowest BCUT2D eigenvalue weighted by Gasteiger charge is -2.39. The van der Waals surface area contributed by atoms with Crippen LogP contribution in [0.15, 0.2) is 54.9 Å². The van der Waals surface area contributed by atoms with Crippen LogP contribution < -0.4 is 10.1 Å². The number of alkyl halides is 1. The van der Waals surface area contributed by atoms with Gasteiger partial charge in [-0.05, 0) is 25.1 Å². The number of ether oxygens (including phenoxy) is 1. The Hall–Kier alpha value is -3.33. The minimum absolute atomic E-state index is 0.0405. The molecule has 9 heteroatoms. The number of aromatic hydroxyl groups is 1. The van der Waals surface area contributed by atoms with Crippen molar-refractivity contribution >= 4 is 0 Å². The van der Waals surface area contributed by atoms with Crippen LogP contribution in [0.3, 0.4) is 0 Å². The fourth-order valence-corrected chi connectivity index (χ4v) is 3.89. The molecule has 1 aromatic carbocycles. The van der Waals surface area contributed by atoms with Gasteiger partial charge >= 0.3 is 0 Å². The smallest absolute Gasteiger partial charge is 0.233 e. The summed E-state index contributed by atoms with van der Waals surface area (Å²) in [5, 5.41) is 29.5. The molecular weight excluding hydrogens is 375 g/mol. The van der Waals surface area contributed by atoms with Gasteiger partial charge in [-0.15, -0.1) is 15.3 Å². The van der Waals surface area contributed by atoms with E-state index in [0.717, 1.165) is 0 Å². The van der Waals surface area contributed by atoms with Crippen molar-refractivity contribution < 1.29 is 14.2 Å². The number of hydrogen-bond donors (Lipinski definition) is 2. The maximum absolute atomic E-state index is 14.8. The zero-order valence-corrected chi connectivity index (χ0v) is 15.6. The maximum atomic E-state index is 14.8. The van der Waals surface area contributed by atoms with Crippen LogP contribution in [0.1, 0.15) is 13.3 Å². The van der Waals surface area contributed by atoms with Gasteiger partial charge in [0.15, 0.2) is 6.17 Å². The number of benzene rings is 1. The summed E-state index contributed by atoms with van der Waals surface area (Å²) in [6, 6.07) is 8.52. The van der Waals surface area contributed by atoms with E-state index in [2.05, 4.69) is 25.8 Å². The van der Waals surface area contributed by atoms with E-state index in [1.54, 1.807) is 47.4 Å². The second kappa shape index (κ2) is 6.63. The van der Waals surface area contributed by atoms with Gasteiger partial charge in [-0.2, -0.15) is 0 Å². The van der Waals surface area contributed by atoms with Crippen LogP contribution in [0.4, 0.5) is 4.39 Å². The van der Waals surface area contributed by atoms with Crippen LogP contribution in [0.5, 0.6) is 11.6 Å². The predicted molar refractivity (Wildman–Crippen MR) is 102 cm³/mol. The molecule has 29 heavy (non-hydrogen) atoms. The van der Waals surface area contributed by atoms with Crippen LogP contribution >= 0.6 is 0 Å². The second-order valence-corrected chi connectivity index (χ2v) is 7.49. The summed E-state index contributed by atoms with van der Waals surface area (Å²) in [6.07, 6.45) is 5.83. The topological polar surface area (TPSA) is 98.0 Å². The molecule has 1 unspecified atom stereocenters. The number of aromatic nitrogens is 5. The average molecular weight is 394 g/mol. The van der Waals surface area contributed by atoms with Gasteiger partial charge in [0.2, 0.25) is 5.88 Å². The van der Waals surface area contributed by atoms with Crippen molar-refractivity contribution in [2.24, 2.45) is 0 Å². The summed E-state index contributed by atoms with van der Waals surface area (Å²) in [6.45, 7) is 1.82. The van der Waals surface area contributed by atoms with Gasteiger partial charge in [0, 0.05) is 30.2 Å². The molecule has 2 aliphatic rings. The number of halogens is 1. The van der Waals surface area contributed by atoms with Crippen molar-refractivity contribution in [3.63, 3.8) is 0 Å². The lowest BCUT2D eigenvalue weighted by molar-refractivity contribution is 0.0170. The van der Waals surface area contributed by atoms with Gasteiger partial charge in [0.25, 0.3) is 0 Å². The summed E-state index contributed by atoms with van der Waals surface area (Å²) in [5.74, 6) is 0.295. The first-order chi connectivity index (χ1) is 14.0. The van der Waals surface area contributed by atoms with Crippen molar-refractivity contribution in [3.8, 4) is 28.6 Å². The number of piperidine rings is 1. The lowest BCUT2D eigenvalue weighted by atomic mass is 9.88. The molecule has 4 atom stereocenters. The van der Waals surface area contributed by atoms with Crippen molar-refractivity contribution in [2.75, 3.05) is 0 Å². The van der Waals surface area contributed by atoms with Gasteiger partial charge < -0.3 is 9.84 Å². The molecule has 2 aromatic heterocycles. The van der Waals surface area contributed by atoms with Crippen molar-refractivity contribution in [2.45, 2.75) is 37.2 Å². The van der Waals surface area contributed by atoms with E-state index in [9.17, 15) is 9.50 Å². The molecule has 0 saturated carbocycles. The Morgan fingerprint density at radius 2 is 2.17 bits per heavy atom. The fraction of sp³-hybridized carbons (Fsp3) is 0.300. The van der Waals surface area contributed by atoms with Gasteiger partial charge in [0.1, 0.15) is 11.9 Å². The first-order valence-electron chi connectivity index (χ1n) is 9.33. The molecule has 1 fully saturated rings. The molecular formula is C20H19FN6O2. The number of hydrogen-bond acceptors (Lipinski definition) is 7. The molecule has 2 N–H and O–H groups in total. The van der Waals surface area contributed by atoms with E-state index in [-0.39, 0.29) is 17.7 Å². The molecule has 4 heterocycles. The van der Waals surface area contributed by atoms with Crippen LogP contribution in [-0.4, -0.2) is 54.2 Å². The molecule has 3 aromatic rings. The number of phenolic OH excluding ortho intramolecular Hbond substituents is 1. The number of nitrogens with one attached hydrogen (secondary N) is 1. The zero-order valence-electron chi connectivity index (χ0n) is 15.6. The van der Waals surface area contributed by atoms with Crippen molar-refractivity contribution in [3.05, 3.63) is 54.9 Å². The van der Waals surface area contributed by atoms with Gasteiger partial charge in [0.05, 0.1) is 29.3 Å². The van der Waals surface area contributed by atoms with Crippen LogP contribution in [0.25, 0.3) is 16.9 Å². The van der Waals surface area contributed by atoms with E-state index in [4.69, 9.17) is 4.74 Å². The predicted octanol–water partition coefficient (Wildman–Crippen LogP) is 2.21. The Kier molecular flexibility index (Phi) is 4.06. The third kappa shape index (κ3) is 3.13. The summed E-state index contributed by atoms with van der Waals surface area (Å²) in [4.78, 5) is 0. The maximum Gasteiger partial charge on any atom is 0.233 e. The highest BCUT2D eigenvalue weighted by atomic mass is 19.1. The van der Waals surface area contributed by atoms with Crippen LogP contribution in [-0.2, 0) is 0 Å². The third-order valence-corrected chi connectivity index (χ3v) is 5.41. The van der Waals surface area contributed by atoms with E-state index < -0.39 is 17.8 Å². The summed E-state index contributed by atoms with van der Waals surface area (Å²) < 4.78 is 22.2. The number of phenols is 1. The third-order valence-electron chi connectivity index (χ3n) is 5.41. The Bertz CT molecular complexity index is 1060. The quantitative estimate of drug-likeness (QED) is 0.655. The molecule has 2 aliphatic heterocycles. The summed E-state index contributed by atoms with van der Waals surface area (Å²) in [7, 11) is 0. The molecule has 0 aliphatic carbocycles. The highest BCUT2D eigenvalue weighted by molar-refractivity contribution is 5.68. The van der Waals surface area contributed by atoms with E-state index in [0.29, 0.717) is 23.4 Å². The Morgan fingerprint density at radius 3 is 2.90 bits per heavy atom. The van der Waals surface area contributed by atoms with Gasteiger partial charge in [-0.1, -0.05) is 17.4 Å². The Labute approximate surface area is 166 Å². The monoisotopic (exact) mass is 394 g/mol. The van der Waals surface area contributed by atoms with Crippen LogP contribution in [0.2, 0.25) is 0 Å². The number of nitrogens with zero attached hydrogens (tertiary/aromatic N) is 5. The van der Waals surface area contributed by atoms with Gasteiger partial charge in [-0.25, -0.2) is 9.07 Å². The molecule has 1 saturated heterocycles. The highest BCUT2D eigenvalue weighted by Gasteiger charge is 2.48. The minimum Gasteiger partial charge on any atom is -0.507 e. The second-order valence-electron chi connectivity index (χ2n) is 7.49. The molecule has 148 valence electrons. The summed E-state index contributed by atoms with van der Waals surface area (Å²) >= 11 is 0. The molecule has 0 spiro atoms. The van der Waals surface area contributed by atoms with E-state index in [1.165, 1.54) is 0 Å². The molecule has 8 nitrogen and oxygen atoms in total. The standard InChI is InChI=1S/C20H19FN6O2/c1-20-7-6-12(23-20)10-17(19(20)21)29-18-5-4-15(24-25-18)14-3-2-13(11-16(14)28)27-9-8-22-26-27/h2-9,11-12,17,19,23,28H,10H2,1H3/t12?,17-,19+,20+/m0/s1. The SMILES string of the molecule is C[C@@]12C=CC(C[C@H](Oc3ccc(-c4ccc(-n5ccnn5)cc4O)nn3)[C@H]1F)N2. The van der Waals surface area contributed by atoms with Crippen molar-refractivity contribution in [1.82, 2.24) is 30.5 Å². The molecule has 0 radical (unpaired) electrons. The first-order valence-corrected chi connectivity index (χ1v) is 9.33. The van der Waals surface area contributed by atoms with E-state index >= 15 is 0 Å². The lowest BCUT2D eigenvalue weighted by Crippen LogP contribution is -2.60. The number of rotatable bonds is 4. The fourth-order valence-electron chi connectivity index (χ4n) is 3.89. The Morgan fingerprint density at radius 1 is 1.28 bits per heavy atom. The van der Waals surface area contributed by atoms with Gasteiger partial charge in [-0.3, -0.25) is 5.32 Å². The molecule has 0 amide bonds. The van der Waals surface area contributed by atoms with E-state index in [1.807, 2.05) is 19.1 Å². The minimum atomic E-state index is -1.19. The first kappa shape index (κ1) is 17.7. The molecule has 5 rings (SSSR count).